The number of nitrogens with zero attached hydrogens (tertiary/aromatic N) is 2. The first kappa shape index (κ1) is 16.0. The Bertz CT molecular complexity index is 914. The summed E-state index contributed by atoms with van der Waals surface area (Å²) in [5.74, 6) is 0.611. The predicted octanol–water partition coefficient (Wildman–Crippen LogP) is 3.71. The molecule has 0 spiro atoms. The molecule has 0 saturated carbocycles. The first-order valence-corrected chi connectivity index (χ1v) is 7.41. The molecule has 6 nitrogen and oxygen atoms in total. The van der Waals surface area contributed by atoms with Gasteiger partial charge in [-0.05, 0) is 12.1 Å². The Kier molecular flexibility index (Phi) is 4.48. The lowest BCUT2D eigenvalue weighted by Gasteiger charge is -2.12. The van der Waals surface area contributed by atoms with E-state index < -0.39 is 5.97 Å². The van der Waals surface area contributed by atoms with Crippen LogP contribution < -0.4 is 9.47 Å². The SMILES string of the molecule is COc1cc(Oc2ccnc3cc(Cl)ncc23)ccc1CC(=O)O. The fraction of sp³-hybridized carbons (Fsp3) is 0.118. The molecule has 7 heteroatoms. The maximum Gasteiger partial charge on any atom is 0.307 e. The molecule has 2 heterocycles. The zero-order valence-electron chi connectivity index (χ0n) is 12.7. The van der Waals surface area contributed by atoms with Gasteiger partial charge in [0.15, 0.2) is 0 Å². The topological polar surface area (TPSA) is 81.5 Å². The van der Waals surface area contributed by atoms with Gasteiger partial charge in [-0.1, -0.05) is 17.7 Å². The van der Waals surface area contributed by atoms with Gasteiger partial charge >= 0.3 is 5.97 Å². The van der Waals surface area contributed by atoms with Crippen LogP contribution in [0.5, 0.6) is 17.2 Å². The molecule has 0 aliphatic heterocycles. The Morgan fingerprint density at radius 3 is 2.79 bits per heavy atom. The number of fused-ring (bicyclic) bond motifs is 1. The van der Waals surface area contributed by atoms with Gasteiger partial charge in [0, 0.05) is 30.1 Å². The molecule has 0 radical (unpaired) electrons. The quantitative estimate of drug-likeness (QED) is 0.710. The zero-order valence-corrected chi connectivity index (χ0v) is 13.4. The van der Waals surface area contributed by atoms with Crippen molar-refractivity contribution < 1.29 is 19.4 Å². The standard InChI is InChI=1S/C17H13ClN2O4/c1-23-15-7-11(3-2-10(15)6-17(21)22)24-14-4-5-19-13-8-16(18)20-9-12(13)14/h2-5,7-9H,6H2,1H3,(H,21,22). The Balaban J connectivity index is 1.95. The van der Waals surface area contributed by atoms with Gasteiger partial charge in [-0.25, -0.2) is 4.98 Å². The van der Waals surface area contributed by atoms with Crippen LogP contribution in [0.2, 0.25) is 5.15 Å². The highest BCUT2D eigenvalue weighted by atomic mass is 35.5. The number of rotatable bonds is 5. The van der Waals surface area contributed by atoms with Crippen LogP contribution in [0.25, 0.3) is 10.9 Å². The van der Waals surface area contributed by atoms with E-state index in [9.17, 15) is 4.79 Å². The number of carboxylic acid groups (broad SMARTS) is 1. The van der Waals surface area contributed by atoms with Gasteiger partial charge < -0.3 is 14.6 Å². The molecule has 0 aliphatic rings. The summed E-state index contributed by atoms with van der Waals surface area (Å²) in [4.78, 5) is 19.2. The minimum Gasteiger partial charge on any atom is -0.496 e. The fourth-order valence-corrected chi connectivity index (χ4v) is 2.46. The van der Waals surface area contributed by atoms with Crippen molar-refractivity contribution in [1.29, 1.82) is 0 Å². The average molecular weight is 345 g/mol. The van der Waals surface area contributed by atoms with E-state index in [-0.39, 0.29) is 6.42 Å². The monoisotopic (exact) mass is 344 g/mol. The van der Waals surface area contributed by atoms with E-state index in [1.54, 1.807) is 42.7 Å². The first-order chi connectivity index (χ1) is 11.6. The Hall–Kier alpha value is -2.86. The number of aromatic nitrogens is 2. The van der Waals surface area contributed by atoms with Gasteiger partial charge in [0.1, 0.15) is 22.4 Å². The molecule has 0 aliphatic carbocycles. The van der Waals surface area contributed by atoms with E-state index in [1.807, 2.05) is 0 Å². The fourth-order valence-electron chi connectivity index (χ4n) is 2.31. The van der Waals surface area contributed by atoms with Crippen LogP contribution in [0.15, 0.2) is 42.7 Å². The highest BCUT2D eigenvalue weighted by molar-refractivity contribution is 6.30. The molecule has 0 saturated heterocycles. The first-order valence-electron chi connectivity index (χ1n) is 7.03. The van der Waals surface area contributed by atoms with E-state index in [2.05, 4.69) is 9.97 Å². The van der Waals surface area contributed by atoms with E-state index in [4.69, 9.17) is 26.2 Å². The van der Waals surface area contributed by atoms with E-state index >= 15 is 0 Å². The van der Waals surface area contributed by atoms with Crippen molar-refractivity contribution in [3.05, 3.63) is 53.4 Å². The number of methoxy groups -OCH3 is 1. The molecule has 0 fully saturated rings. The summed E-state index contributed by atoms with van der Waals surface area (Å²) in [6.45, 7) is 0. The van der Waals surface area contributed by atoms with Crippen LogP contribution in [0.1, 0.15) is 5.56 Å². The summed E-state index contributed by atoms with van der Waals surface area (Å²) < 4.78 is 11.1. The van der Waals surface area contributed by atoms with Crippen molar-refractivity contribution >= 4 is 28.5 Å². The summed E-state index contributed by atoms with van der Waals surface area (Å²) in [5.41, 5.74) is 1.24. The number of benzene rings is 1. The summed E-state index contributed by atoms with van der Waals surface area (Å²) in [5, 5.41) is 9.99. The molecular weight excluding hydrogens is 332 g/mol. The van der Waals surface area contributed by atoms with Gasteiger partial charge in [0.05, 0.1) is 24.4 Å². The molecule has 0 unspecified atom stereocenters. The van der Waals surface area contributed by atoms with Crippen molar-refractivity contribution in [1.82, 2.24) is 9.97 Å². The molecule has 0 atom stereocenters. The lowest BCUT2D eigenvalue weighted by Crippen LogP contribution is -2.02. The van der Waals surface area contributed by atoms with Crippen molar-refractivity contribution in [3.8, 4) is 17.2 Å². The number of hydrogen-bond donors (Lipinski definition) is 1. The number of hydrogen-bond acceptors (Lipinski definition) is 5. The van der Waals surface area contributed by atoms with Gasteiger partial charge in [0.2, 0.25) is 0 Å². The number of halogens is 1. The van der Waals surface area contributed by atoms with Crippen LogP contribution in [0.4, 0.5) is 0 Å². The summed E-state index contributed by atoms with van der Waals surface area (Å²) in [6, 6.07) is 8.38. The van der Waals surface area contributed by atoms with E-state index in [0.29, 0.717) is 33.5 Å². The van der Waals surface area contributed by atoms with Crippen LogP contribution in [0.3, 0.4) is 0 Å². The average Bonchev–Trinajstić information content (AvgIpc) is 2.55. The van der Waals surface area contributed by atoms with E-state index in [1.165, 1.54) is 7.11 Å². The highest BCUT2D eigenvalue weighted by Crippen LogP contribution is 2.32. The van der Waals surface area contributed by atoms with Gasteiger partial charge in [-0.3, -0.25) is 9.78 Å². The van der Waals surface area contributed by atoms with Gasteiger partial charge in [0.25, 0.3) is 0 Å². The maximum atomic E-state index is 10.9. The third-order valence-electron chi connectivity index (χ3n) is 3.38. The molecule has 0 bridgehead atoms. The number of carboxylic acids is 1. The molecule has 24 heavy (non-hydrogen) atoms. The largest absolute Gasteiger partial charge is 0.496 e. The molecule has 0 amide bonds. The summed E-state index contributed by atoms with van der Waals surface area (Å²) >= 11 is 5.87. The van der Waals surface area contributed by atoms with Crippen LogP contribution >= 0.6 is 11.6 Å². The van der Waals surface area contributed by atoms with Crippen LogP contribution in [0, 0.1) is 0 Å². The molecular formula is C17H13ClN2O4. The minimum absolute atomic E-state index is 0.121. The molecule has 2 aromatic heterocycles. The molecule has 1 aromatic carbocycles. The lowest BCUT2D eigenvalue weighted by atomic mass is 10.1. The highest BCUT2D eigenvalue weighted by Gasteiger charge is 2.11. The van der Waals surface area contributed by atoms with E-state index in [0.717, 1.165) is 5.39 Å². The Morgan fingerprint density at radius 1 is 1.21 bits per heavy atom. The number of carbonyl (C=O) groups is 1. The zero-order chi connectivity index (χ0) is 17.1. The second-order valence-electron chi connectivity index (χ2n) is 4.98. The van der Waals surface area contributed by atoms with Crippen LogP contribution in [-0.4, -0.2) is 28.2 Å². The summed E-state index contributed by atoms with van der Waals surface area (Å²) in [7, 11) is 1.48. The number of aliphatic carboxylic acids is 1. The number of pyridine rings is 2. The van der Waals surface area contributed by atoms with Crippen molar-refractivity contribution in [2.45, 2.75) is 6.42 Å². The predicted molar refractivity (Wildman–Crippen MR) is 89.0 cm³/mol. The van der Waals surface area contributed by atoms with Crippen molar-refractivity contribution in [3.63, 3.8) is 0 Å². The summed E-state index contributed by atoms with van der Waals surface area (Å²) in [6.07, 6.45) is 3.09. The lowest BCUT2D eigenvalue weighted by molar-refractivity contribution is -0.136. The molecule has 1 N–H and O–H groups in total. The second-order valence-corrected chi connectivity index (χ2v) is 5.37. The van der Waals surface area contributed by atoms with Gasteiger partial charge in [-0.15, -0.1) is 0 Å². The normalized spacial score (nSPS) is 10.6. The Labute approximate surface area is 142 Å². The Morgan fingerprint density at radius 2 is 2.04 bits per heavy atom. The molecule has 3 rings (SSSR count). The minimum atomic E-state index is -0.926. The maximum absolute atomic E-state index is 10.9. The third-order valence-corrected chi connectivity index (χ3v) is 3.59. The second kappa shape index (κ2) is 6.72. The van der Waals surface area contributed by atoms with Crippen LogP contribution in [-0.2, 0) is 11.2 Å². The van der Waals surface area contributed by atoms with Gasteiger partial charge in [-0.2, -0.15) is 0 Å². The van der Waals surface area contributed by atoms with Crippen molar-refractivity contribution in [2.75, 3.05) is 7.11 Å². The number of ether oxygens (including phenoxy) is 2. The van der Waals surface area contributed by atoms with Crippen molar-refractivity contribution in [2.24, 2.45) is 0 Å². The third kappa shape index (κ3) is 3.38. The smallest absolute Gasteiger partial charge is 0.307 e. The molecule has 122 valence electrons. The molecule has 3 aromatic rings.